The summed E-state index contributed by atoms with van der Waals surface area (Å²) in [6.45, 7) is 0. The summed E-state index contributed by atoms with van der Waals surface area (Å²) in [5.41, 5.74) is 1.38. The van der Waals surface area contributed by atoms with Crippen molar-refractivity contribution in [3.63, 3.8) is 0 Å². The molecule has 4 aromatic heterocycles. The molecule has 0 saturated carbocycles. The highest BCUT2D eigenvalue weighted by Crippen LogP contribution is 2.34. The van der Waals surface area contributed by atoms with Gasteiger partial charge in [0.05, 0.1) is 22.1 Å². The maximum Gasteiger partial charge on any atom is 0.267 e. The molecular weight excluding hydrogens is 577 g/mol. The molecule has 0 bridgehead atoms. The van der Waals surface area contributed by atoms with Gasteiger partial charge in [-0.05, 0) is 71.4 Å². The number of nitrogens with zero attached hydrogens (tertiary/aromatic N) is 4. The lowest BCUT2D eigenvalue weighted by Gasteiger charge is -2.13. The van der Waals surface area contributed by atoms with Crippen molar-refractivity contribution in [3.05, 3.63) is 129 Å². The molecule has 194 valence electrons. The summed E-state index contributed by atoms with van der Waals surface area (Å²) in [6, 6.07) is 30.8. The fourth-order valence-electron chi connectivity index (χ4n) is 4.32. The van der Waals surface area contributed by atoms with Crippen molar-refractivity contribution in [1.29, 1.82) is 0 Å². The Bertz CT molecular complexity index is 1950. The van der Waals surface area contributed by atoms with Crippen LogP contribution >= 0.6 is 46.2 Å². The van der Waals surface area contributed by atoms with Crippen LogP contribution in [0.4, 0.5) is 0 Å². The van der Waals surface area contributed by atoms with Crippen molar-refractivity contribution in [1.82, 2.24) is 19.1 Å². The number of hydrogen-bond donors (Lipinski definition) is 0. The van der Waals surface area contributed by atoms with Crippen LogP contribution in [0, 0.1) is 0 Å². The first kappa shape index (κ1) is 25.0. The standard InChI is InChI=1S/C30H18N4O2S4/c35-27-23-15-17-37-25(23)31-29(33(27)19-7-3-1-4-8-19)39-21-11-13-22(14-12-21)40-30-32-26-24(16-18-38-26)28(36)34(30)20-9-5-2-6-10-20/h1-18H. The predicted octanol–water partition coefficient (Wildman–Crippen LogP) is 7.51. The van der Waals surface area contributed by atoms with Crippen LogP contribution in [0.5, 0.6) is 0 Å². The fourth-order valence-corrected chi connectivity index (χ4v) is 7.75. The summed E-state index contributed by atoms with van der Waals surface area (Å²) >= 11 is 5.81. The van der Waals surface area contributed by atoms with Crippen molar-refractivity contribution >= 4 is 66.6 Å². The van der Waals surface area contributed by atoms with Gasteiger partial charge in [-0.1, -0.05) is 59.9 Å². The van der Waals surface area contributed by atoms with Crippen LogP contribution < -0.4 is 11.1 Å². The van der Waals surface area contributed by atoms with Gasteiger partial charge in [0.1, 0.15) is 9.66 Å². The largest absolute Gasteiger partial charge is 0.268 e. The van der Waals surface area contributed by atoms with Crippen LogP contribution in [0.3, 0.4) is 0 Å². The fraction of sp³-hybridized carbons (Fsp3) is 0. The summed E-state index contributed by atoms with van der Waals surface area (Å²) in [7, 11) is 0. The molecule has 0 fully saturated rings. The second-order valence-electron chi connectivity index (χ2n) is 8.70. The molecule has 0 aliphatic rings. The topological polar surface area (TPSA) is 69.8 Å². The van der Waals surface area contributed by atoms with Gasteiger partial charge in [0.2, 0.25) is 0 Å². The molecule has 0 aliphatic carbocycles. The second-order valence-corrected chi connectivity index (χ2v) is 12.6. The summed E-state index contributed by atoms with van der Waals surface area (Å²) in [6.07, 6.45) is 0. The molecule has 0 aliphatic heterocycles. The minimum atomic E-state index is -0.0824. The lowest BCUT2D eigenvalue weighted by molar-refractivity contribution is 0.822. The highest BCUT2D eigenvalue weighted by atomic mass is 32.2. The molecular formula is C30H18N4O2S4. The smallest absolute Gasteiger partial charge is 0.267 e. The maximum absolute atomic E-state index is 13.4. The molecule has 0 spiro atoms. The first-order valence-electron chi connectivity index (χ1n) is 12.2. The molecule has 7 rings (SSSR count). The van der Waals surface area contributed by atoms with E-state index in [1.54, 1.807) is 9.13 Å². The van der Waals surface area contributed by atoms with Crippen LogP contribution in [-0.2, 0) is 0 Å². The van der Waals surface area contributed by atoms with Gasteiger partial charge in [-0.15, -0.1) is 22.7 Å². The van der Waals surface area contributed by atoms with Gasteiger partial charge in [-0.2, -0.15) is 0 Å². The van der Waals surface area contributed by atoms with Gasteiger partial charge in [0.15, 0.2) is 10.3 Å². The van der Waals surface area contributed by atoms with Crippen LogP contribution in [-0.4, -0.2) is 19.1 Å². The molecule has 0 unspecified atom stereocenters. The number of rotatable bonds is 6. The molecule has 0 amide bonds. The van der Waals surface area contributed by atoms with Crippen molar-refractivity contribution in [2.75, 3.05) is 0 Å². The third-order valence-electron chi connectivity index (χ3n) is 6.20. The van der Waals surface area contributed by atoms with Crippen molar-refractivity contribution in [2.24, 2.45) is 0 Å². The van der Waals surface area contributed by atoms with Crippen molar-refractivity contribution in [2.45, 2.75) is 20.1 Å². The Labute approximate surface area is 244 Å². The number of para-hydroxylation sites is 2. The second kappa shape index (κ2) is 10.5. The highest BCUT2D eigenvalue weighted by molar-refractivity contribution is 7.99. The molecule has 40 heavy (non-hydrogen) atoms. The summed E-state index contributed by atoms with van der Waals surface area (Å²) in [5.74, 6) is 0. The Kier molecular flexibility index (Phi) is 6.60. The Hall–Kier alpha value is -3.96. The van der Waals surface area contributed by atoms with E-state index in [2.05, 4.69) is 0 Å². The van der Waals surface area contributed by atoms with E-state index in [4.69, 9.17) is 9.97 Å². The van der Waals surface area contributed by atoms with Gasteiger partial charge in [0.25, 0.3) is 11.1 Å². The zero-order valence-corrected chi connectivity index (χ0v) is 23.9. The van der Waals surface area contributed by atoms with E-state index >= 15 is 0 Å². The summed E-state index contributed by atoms with van der Waals surface area (Å²) < 4.78 is 3.34. The molecule has 4 heterocycles. The third kappa shape index (κ3) is 4.58. The molecule has 6 nitrogen and oxygen atoms in total. The molecule has 10 heteroatoms. The number of fused-ring (bicyclic) bond motifs is 2. The maximum atomic E-state index is 13.4. The summed E-state index contributed by atoms with van der Waals surface area (Å²) in [5, 5.41) is 6.23. The highest BCUT2D eigenvalue weighted by Gasteiger charge is 2.17. The van der Waals surface area contributed by atoms with E-state index in [1.807, 2.05) is 108 Å². The van der Waals surface area contributed by atoms with Gasteiger partial charge in [-0.3, -0.25) is 18.7 Å². The average Bonchev–Trinajstić information content (AvgIpc) is 3.66. The zero-order chi connectivity index (χ0) is 27.1. The number of thiophene rings is 2. The average molecular weight is 595 g/mol. The van der Waals surface area contributed by atoms with Gasteiger partial charge in [0, 0.05) is 9.79 Å². The van der Waals surface area contributed by atoms with E-state index < -0.39 is 0 Å². The van der Waals surface area contributed by atoms with E-state index in [0.29, 0.717) is 21.1 Å². The normalized spacial score (nSPS) is 11.4. The molecule has 7 aromatic rings. The lowest BCUT2D eigenvalue weighted by Crippen LogP contribution is -2.21. The molecule has 0 saturated heterocycles. The lowest BCUT2D eigenvalue weighted by atomic mass is 10.3. The van der Waals surface area contributed by atoms with Gasteiger partial charge < -0.3 is 0 Å². The van der Waals surface area contributed by atoms with Gasteiger partial charge >= 0.3 is 0 Å². The number of benzene rings is 3. The molecule has 0 N–H and O–H groups in total. The monoisotopic (exact) mass is 594 g/mol. The zero-order valence-electron chi connectivity index (χ0n) is 20.6. The van der Waals surface area contributed by atoms with Crippen LogP contribution in [0.15, 0.2) is 138 Å². The van der Waals surface area contributed by atoms with E-state index in [-0.39, 0.29) is 11.1 Å². The Morgan fingerprint density at radius 3 is 1.32 bits per heavy atom. The van der Waals surface area contributed by atoms with Crippen LogP contribution in [0.25, 0.3) is 31.8 Å². The van der Waals surface area contributed by atoms with Crippen LogP contribution in [0.1, 0.15) is 0 Å². The van der Waals surface area contributed by atoms with Crippen molar-refractivity contribution in [3.8, 4) is 11.4 Å². The molecule has 0 radical (unpaired) electrons. The number of aromatic nitrogens is 4. The van der Waals surface area contributed by atoms with Crippen molar-refractivity contribution < 1.29 is 0 Å². The Morgan fingerprint density at radius 2 is 0.925 bits per heavy atom. The SMILES string of the molecule is O=c1c2ccsc2nc(Sc2ccc(Sc3nc4sccc4c(=O)n3-c3ccccc3)cc2)n1-c1ccccc1. The molecule has 3 aromatic carbocycles. The first-order chi connectivity index (χ1) is 19.7. The van der Waals surface area contributed by atoms with Crippen LogP contribution in [0.2, 0.25) is 0 Å². The quantitative estimate of drug-likeness (QED) is 0.186. The Balaban J connectivity index is 1.24. The van der Waals surface area contributed by atoms with Gasteiger partial charge in [-0.25, -0.2) is 9.97 Å². The number of hydrogen-bond acceptors (Lipinski definition) is 8. The predicted molar refractivity (Wildman–Crippen MR) is 165 cm³/mol. The minimum absolute atomic E-state index is 0.0824. The van der Waals surface area contributed by atoms with E-state index in [9.17, 15) is 9.59 Å². The van der Waals surface area contributed by atoms with E-state index in [0.717, 1.165) is 30.8 Å². The van der Waals surface area contributed by atoms with E-state index in [1.165, 1.54) is 46.2 Å². The molecule has 0 atom stereocenters. The first-order valence-corrected chi connectivity index (χ1v) is 15.6. The Morgan fingerprint density at radius 1 is 0.525 bits per heavy atom. The third-order valence-corrected chi connectivity index (χ3v) is 9.75. The minimum Gasteiger partial charge on any atom is -0.268 e. The summed E-state index contributed by atoms with van der Waals surface area (Å²) in [4.78, 5) is 39.8.